The molecule has 0 bridgehead atoms. The van der Waals surface area contributed by atoms with Crippen molar-refractivity contribution in [3.8, 4) is 0 Å². The van der Waals surface area contributed by atoms with Crippen molar-refractivity contribution in [3.05, 3.63) is 90.1 Å². The summed E-state index contributed by atoms with van der Waals surface area (Å²) in [7, 11) is 2.15. The van der Waals surface area contributed by atoms with Gasteiger partial charge in [-0.25, -0.2) is 9.67 Å². The van der Waals surface area contributed by atoms with Crippen molar-refractivity contribution in [2.75, 3.05) is 13.6 Å². The molecule has 7 heteroatoms. The van der Waals surface area contributed by atoms with Crippen molar-refractivity contribution in [1.82, 2.24) is 29.4 Å². The van der Waals surface area contributed by atoms with Gasteiger partial charge in [-0.05, 0) is 56.8 Å². The van der Waals surface area contributed by atoms with Gasteiger partial charge < -0.3 is 9.72 Å². The number of hydrogen-bond acceptors (Lipinski definition) is 4. The molecule has 152 valence electrons. The topological polar surface area (TPSA) is 67.5 Å². The summed E-state index contributed by atoms with van der Waals surface area (Å²) in [5.41, 5.74) is 3.54. The predicted octanol–water partition coefficient (Wildman–Crippen LogP) is 3.27. The highest BCUT2D eigenvalue weighted by atomic mass is 16.1. The molecule has 1 aliphatic rings. The Balaban J connectivity index is 1.48. The fourth-order valence-electron chi connectivity index (χ4n) is 4.17. The number of nitrogens with zero attached hydrogens (tertiary/aromatic N) is 5. The van der Waals surface area contributed by atoms with E-state index in [0.29, 0.717) is 11.6 Å². The van der Waals surface area contributed by atoms with Crippen LogP contribution < -0.4 is 5.32 Å². The first-order chi connectivity index (χ1) is 14.7. The molecule has 1 fully saturated rings. The number of amides is 1. The van der Waals surface area contributed by atoms with Gasteiger partial charge in [0.05, 0.1) is 11.7 Å². The van der Waals surface area contributed by atoms with E-state index in [1.807, 2.05) is 53.2 Å². The second-order valence-electron chi connectivity index (χ2n) is 7.76. The van der Waals surface area contributed by atoms with Crippen LogP contribution in [0.25, 0.3) is 5.65 Å². The first kappa shape index (κ1) is 18.6. The summed E-state index contributed by atoms with van der Waals surface area (Å²) in [6, 6.07) is 15.4. The van der Waals surface area contributed by atoms with E-state index >= 15 is 0 Å². The molecule has 4 heterocycles. The number of carbonyl (C=O) groups excluding carboxylic acids is 1. The van der Waals surface area contributed by atoms with Crippen LogP contribution in [0.4, 0.5) is 0 Å². The average Bonchev–Trinajstić information content (AvgIpc) is 3.52. The molecule has 3 aromatic heterocycles. The fraction of sp³-hybridized carbons (Fsp3) is 0.261. The molecule has 0 radical (unpaired) electrons. The van der Waals surface area contributed by atoms with E-state index < -0.39 is 6.17 Å². The number of hydrogen-bond donors (Lipinski definition) is 1. The third-order valence-electron chi connectivity index (χ3n) is 5.76. The smallest absolute Gasteiger partial charge is 0.253 e. The Labute approximate surface area is 175 Å². The Morgan fingerprint density at radius 1 is 1.13 bits per heavy atom. The summed E-state index contributed by atoms with van der Waals surface area (Å²) in [4.78, 5) is 20.0. The molecule has 2 atom stereocenters. The van der Waals surface area contributed by atoms with Gasteiger partial charge >= 0.3 is 0 Å². The van der Waals surface area contributed by atoms with Crippen LogP contribution in [0.2, 0.25) is 0 Å². The molecule has 30 heavy (non-hydrogen) atoms. The molecule has 1 saturated heterocycles. The van der Waals surface area contributed by atoms with Crippen molar-refractivity contribution >= 4 is 11.6 Å². The van der Waals surface area contributed by atoms with Crippen molar-refractivity contribution in [1.29, 1.82) is 0 Å². The van der Waals surface area contributed by atoms with Crippen molar-refractivity contribution in [2.45, 2.75) is 25.0 Å². The number of likely N-dealkylation sites (tertiary alicyclic amines) is 1. The molecule has 0 aliphatic carbocycles. The van der Waals surface area contributed by atoms with Gasteiger partial charge in [-0.15, -0.1) is 0 Å². The van der Waals surface area contributed by atoms with E-state index in [9.17, 15) is 4.79 Å². The van der Waals surface area contributed by atoms with E-state index in [2.05, 4.69) is 28.6 Å². The lowest BCUT2D eigenvalue weighted by atomic mass is 10.1. The van der Waals surface area contributed by atoms with Gasteiger partial charge in [-0.2, -0.15) is 5.10 Å². The number of nitrogens with one attached hydrogen (secondary N) is 1. The van der Waals surface area contributed by atoms with Gasteiger partial charge in [0, 0.05) is 35.9 Å². The van der Waals surface area contributed by atoms with Crippen LogP contribution in [0.3, 0.4) is 0 Å². The van der Waals surface area contributed by atoms with Gasteiger partial charge in [-0.3, -0.25) is 9.69 Å². The number of fused-ring (bicyclic) bond motifs is 1. The summed E-state index contributed by atoms with van der Waals surface area (Å²) >= 11 is 0. The Hall–Kier alpha value is -3.45. The standard InChI is InChI=1S/C23H24N6O/c1-27-13-5-9-20(27)19-16-28-15-18(10-11-21(28)25-19)22(29-14-6-12-24-29)26-23(30)17-7-3-2-4-8-17/h2-4,6-8,10-12,14-16,20,22H,5,9,13H2,1H3,(H,26,30). The van der Waals surface area contributed by atoms with Crippen LogP contribution >= 0.6 is 0 Å². The molecule has 1 aromatic carbocycles. The molecule has 1 aliphatic heterocycles. The minimum absolute atomic E-state index is 0.143. The minimum Gasteiger partial charge on any atom is -0.326 e. The van der Waals surface area contributed by atoms with Crippen LogP contribution in [0.15, 0.2) is 73.3 Å². The maximum absolute atomic E-state index is 12.8. The monoisotopic (exact) mass is 400 g/mol. The van der Waals surface area contributed by atoms with E-state index in [1.54, 1.807) is 23.0 Å². The highest BCUT2D eigenvalue weighted by Gasteiger charge is 2.25. The summed E-state index contributed by atoms with van der Waals surface area (Å²) in [6.07, 6.45) is 9.61. The maximum Gasteiger partial charge on any atom is 0.253 e. The Morgan fingerprint density at radius 2 is 2.00 bits per heavy atom. The molecule has 1 amide bonds. The second-order valence-corrected chi connectivity index (χ2v) is 7.76. The third kappa shape index (κ3) is 3.48. The fourth-order valence-corrected chi connectivity index (χ4v) is 4.17. The van der Waals surface area contributed by atoms with E-state index in [4.69, 9.17) is 4.98 Å². The van der Waals surface area contributed by atoms with Crippen molar-refractivity contribution < 1.29 is 4.79 Å². The van der Waals surface area contributed by atoms with Gasteiger partial charge in [0.15, 0.2) is 0 Å². The van der Waals surface area contributed by atoms with Crippen LogP contribution in [-0.4, -0.2) is 43.6 Å². The minimum atomic E-state index is -0.419. The largest absolute Gasteiger partial charge is 0.326 e. The summed E-state index contributed by atoms with van der Waals surface area (Å²) in [5, 5.41) is 7.47. The first-order valence-corrected chi connectivity index (χ1v) is 10.2. The highest BCUT2D eigenvalue weighted by Crippen LogP contribution is 2.30. The van der Waals surface area contributed by atoms with Crippen molar-refractivity contribution in [2.24, 2.45) is 0 Å². The Morgan fingerprint density at radius 3 is 2.73 bits per heavy atom. The van der Waals surface area contributed by atoms with Gasteiger partial charge in [0.25, 0.3) is 5.91 Å². The molecule has 7 nitrogen and oxygen atoms in total. The Bertz CT molecular complexity index is 1150. The number of benzene rings is 1. The Kier molecular flexibility index (Phi) is 4.80. The van der Waals surface area contributed by atoms with Crippen molar-refractivity contribution in [3.63, 3.8) is 0 Å². The normalized spacial score (nSPS) is 18.0. The van der Waals surface area contributed by atoms with Crippen LogP contribution in [0.5, 0.6) is 0 Å². The van der Waals surface area contributed by atoms with E-state index in [1.165, 1.54) is 6.42 Å². The van der Waals surface area contributed by atoms with Crippen LogP contribution in [0.1, 0.15) is 46.7 Å². The number of rotatable bonds is 5. The zero-order chi connectivity index (χ0) is 20.5. The van der Waals surface area contributed by atoms with Crippen LogP contribution in [0, 0.1) is 0 Å². The molecule has 4 aromatic rings. The first-order valence-electron chi connectivity index (χ1n) is 10.2. The van der Waals surface area contributed by atoms with Gasteiger partial charge in [0.1, 0.15) is 11.8 Å². The number of carbonyl (C=O) groups is 1. The summed E-state index contributed by atoms with van der Waals surface area (Å²) < 4.78 is 3.80. The number of pyridine rings is 1. The predicted molar refractivity (Wildman–Crippen MR) is 114 cm³/mol. The lowest BCUT2D eigenvalue weighted by molar-refractivity contribution is 0.0927. The van der Waals surface area contributed by atoms with E-state index in [0.717, 1.165) is 29.9 Å². The highest BCUT2D eigenvalue weighted by molar-refractivity contribution is 5.94. The van der Waals surface area contributed by atoms with Gasteiger partial charge in [-0.1, -0.05) is 18.2 Å². The number of aromatic nitrogens is 4. The zero-order valence-corrected chi connectivity index (χ0v) is 16.8. The maximum atomic E-state index is 12.8. The molecule has 0 saturated carbocycles. The lowest BCUT2D eigenvalue weighted by Gasteiger charge is -2.20. The quantitative estimate of drug-likeness (QED) is 0.558. The summed E-state index contributed by atoms with van der Waals surface area (Å²) in [5.74, 6) is -0.143. The lowest BCUT2D eigenvalue weighted by Crippen LogP contribution is -2.33. The number of imidazole rings is 1. The molecule has 2 unspecified atom stereocenters. The molecular formula is C23H24N6O. The van der Waals surface area contributed by atoms with E-state index in [-0.39, 0.29) is 5.91 Å². The zero-order valence-electron chi connectivity index (χ0n) is 16.8. The third-order valence-corrected chi connectivity index (χ3v) is 5.76. The van der Waals surface area contributed by atoms with Gasteiger partial charge in [0.2, 0.25) is 0 Å². The second kappa shape index (κ2) is 7.76. The molecule has 1 N–H and O–H groups in total. The average molecular weight is 400 g/mol. The summed E-state index contributed by atoms with van der Waals surface area (Å²) in [6.45, 7) is 1.11. The molecule has 0 spiro atoms. The molecular weight excluding hydrogens is 376 g/mol. The van der Waals surface area contributed by atoms with Crippen LogP contribution in [-0.2, 0) is 0 Å². The molecule has 5 rings (SSSR count). The SMILES string of the molecule is CN1CCCC1c1cn2cc(C(NC(=O)c3ccccc3)n3cccn3)ccc2n1.